The summed E-state index contributed by atoms with van der Waals surface area (Å²) in [5.41, 5.74) is -0.822. The first-order valence-corrected chi connectivity index (χ1v) is 10.4. The van der Waals surface area contributed by atoms with E-state index < -0.39 is 11.1 Å². The van der Waals surface area contributed by atoms with Gasteiger partial charge in [0.25, 0.3) is 0 Å². The minimum atomic E-state index is -0.796. The van der Waals surface area contributed by atoms with Crippen LogP contribution < -0.4 is 0 Å². The Kier molecular flexibility index (Phi) is 5.53. The number of nitrogens with zero attached hydrogens (tertiary/aromatic N) is 1. The molecule has 1 aromatic carbocycles. The van der Waals surface area contributed by atoms with Gasteiger partial charge < -0.3 is 9.47 Å². The number of fused-ring (bicyclic) bond motifs is 1. The Labute approximate surface area is 166 Å². The van der Waals surface area contributed by atoms with Crippen LogP contribution in [-0.4, -0.2) is 35.1 Å². The van der Waals surface area contributed by atoms with Gasteiger partial charge in [-0.15, -0.1) is 11.8 Å². The molecule has 2 aliphatic heterocycles. The molecule has 1 aromatic rings. The van der Waals surface area contributed by atoms with E-state index in [9.17, 15) is 9.18 Å². The second kappa shape index (κ2) is 7.24. The number of ether oxygens (including phenoxy) is 2. The average Bonchev–Trinajstić information content (AvgIpc) is 2.85. The fourth-order valence-corrected chi connectivity index (χ4v) is 5.19. The van der Waals surface area contributed by atoms with Gasteiger partial charge in [0, 0.05) is 21.7 Å². The van der Waals surface area contributed by atoms with Gasteiger partial charge in [0.05, 0.1) is 24.2 Å². The smallest absolute Gasteiger partial charge is 0.312 e. The summed E-state index contributed by atoms with van der Waals surface area (Å²) in [4.78, 5) is 17.1. The zero-order chi connectivity index (χ0) is 19.1. The van der Waals surface area contributed by atoms with Crippen molar-refractivity contribution < 1.29 is 18.7 Å². The molecule has 0 spiro atoms. The van der Waals surface area contributed by atoms with E-state index in [-0.39, 0.29) is 30.2 Å². The maximum absolute atomic E-state index is 14.7. The zero-order valence-corrected chi connectivity index (χ0v) is 17.7. The van der Waals surface area contributed by atoms with Crippen molar-refractivity contribution in [3.8, 4) is 0 Å². The number of hydrogen-bond donors (Lipinski definition) is 0. The number of carbonyl (C=O) groups excluding carboxylic acids is 1. The lowest BCUT2D eigenvalue weighted by Crippen LogP contribution is -2.41. The van der Waals surface area contributed by atoms with Crippen LogP contribution in [0.2, 0.25) is 0 Å². The number of carbonyl (C=O) groups is 1. The highest BCUT2D eigenvalue weighted by Crippen LogP contribution is 2.49. The molecule has 1 fully saturated rings. The van der Waals surface area contributed by atoms with Crippen molar-refractivity contribution in [2.24, 2.45) is 10.9 Å². The van der Waals surface area contributed by atoms with Crippen LogP contribution in [-0.2, 0) is 19.8 Å². The van der Waals surface area contributed by atoms with Gasteiger partial charge >= 0.3 is 5.97 Å². The van der Waals surface area contributed by atoms with Gasteiger partial charge in [-0.05, 0) is 45.9 Å². The highest BCUT2D eigenvalue weighted by atomic mass is 79.9. The fourth-order valence-electron chi connectivity index (χ4n) is 3.46. The Hall–Kier alpha value is -0.920. The first kappa shape index (κ1) is 19.8. The molecule has 3 atom stereocenters. The molecule has 3 rings (SSSR count). The Morgan fingerprint density at radius 2 is 2.23 bits per heavy atom. The van der Waals surface area contributed by atoms with E-state index in [1.54, 1.807) is 12.1 Å². The van der Waals surface area contributed by atoms with E-state index in [0.717, 1.165) is 10.2 Å². The van der Waals surface area contributed by atoms with Gasteiger partial charge in [0.15, 0.2) is 0 Å². The molecule has 0 bridgehead atoms. The Balaban J connectivity index is 1.96. The van der Waals surface area contributed by atoms with Gasteiger partial charge in [-0.2, -0.15) is 0 Å². The minimum Gasteiger partial charge on any atom is -0.460 e. The van der Waals surface area contributed by atoms with E-state index in [1.165, 1.54) is 17.8 Å². The normalized spacial score (nSPS) is 28.5. The van der Waals surface area contributed by atoms with Crippen molar-refractivity contribution in [2.75, 3.05) is 12.4 Å². The molecule has 0 amide bonds. The monoisotopic (exact) mass is 443 g/mol. The molecule has 0 radical (unpaired) electrons. The summed E-state index contributed by atoms with van der Waals surface area (Å²) in [7, 11) is 0. The topological polar surface area (TPSA) is 47.9 Å². The largest absolute Gasteiger partial charge is 0.460 e. The molecule has 7 heteroatoms. The quantitative estimate of drug-likeness (QED) is 0.635. The first-order chi connectivity index (χ1) is 12.1. The second-order valence-corrected chi connectivity index (χ2v) is 9.76. The van der Waals surface area contributed by atoms with Crippen LogP contribution in [0.15, 0.2) is 27.7 Å². The van der Waals surface area contributed by atoms with Gasteiger partial charge in [0.2, 0.25) is 0 Å². The predicted octanol–water partition coefficient (Wildman–Crippen LogP) is 4.70. The Morgan fingerprint density at radius 1 is 1.50 bits per heavy atom. The van der Waals surface area contributed by atoms with Gasteiger partial charge in [0.1, 0.15) is 17.0 Å². The molecule has 26 heavy (non-hydrogen) atoms. The number of thioether (sulfide) groups is 1. The lowest BCUT2D eigenvalue weighted by molar-refractivity contribution is -0.153. The predicted molar refractivity (Wildman–Crippen MR) is 105 cm³/mol. The van der Waals surface area contributed by atoms with Crippen LogP contribution in [0.4, 0.5) is 4.39 Å². The summed E-state index contributed by atoms with van der Waals surface area (Å²) >= 11 is 4.96. The highest BCUT2D eigenvalue weighted by Gasteiger charge is 2.52. The van der Waals surface area contributed by atoms with Crippen LogP contribution >= 0.6 is 27.7 Å². The van der Waals surface area contributed by atoms with Crippen molar-refractivity contribution >= 4 is 38.7 Å². The number of esters is 1. The molecule has 0 N–H and O–H groups in total. The van der Waals surface area contributed by atoms with Crippen molar-refractivity contribution in [3.63, 3.8) is 0 Å². The Morgan fingerprint density at radius 3 is 2.92 bits per heavy atom. The van der Waals surface area contributed by atoms with E-state index in [4.69, 9.17) is 14.5 Å². The van der Waals surface area contributed by atoms with Gasteiger partial charge in [-0.1, -0.05) is 15.9 Å². The third-order valence-electron chi connectivity index (χ3n) is 4.61. The third-order valence-corrected chi connectivity index (χ3v) is 6.20. The third kappa shape index (κ3) is 3.99. The van der Waals surface area contributed by atoms with E-state index in [0.29, 0.717) is 17.2 Å². The molecule has 2 heterocycles. The summed E-state index contributed by atoms with van der Waals surface area (Å²) < 4.78 is 26.8. The summed E-state index contributed by atoms with van der Waals surface area (Å²) in [6.45, 7) is 7.81. The number of halogens is 2. The molecular formula is C19H23BrFNO3S. The molecule has 0 unspecified atom stereocenters. The number of hydrogen-bond acceptors (Lipinski definition) is 5. The summed E-state index contributed by atoms with van der Waals surface area (Å²) in [6.07, 6.45) is 0.0770. The van der Waals surface area contributed by atoms with Crippen LogP contribution in [0.25, 0.3) is 0 Å². The number of benzene rings is 1. The van der Waals surface area contributed by atoms with E-state index >= 15 is 0 Å². The van der Waals surface area contributed by atoms with Crippen LogP contribution in [0.3, 0.4) is 0 Å². The molecular weight excluding hydrogens is 421 g/mol. The van der Waals surface area contributed by atoms with E-state index in [2.05, 4.69) is 15.9 Å². The van der Waals surface area contributed by atoms with Crippen molar-refractivity contribution in [1.29, 1.82) is 0 Å². The number of aliphatic imine (C=N–C) groups is 1. The van der Waals surface area contributed by atoms with Crippen molar-refractivity contribution in [1.82, 2.24) is 0 Å². The maximum Gasteiger partial charge on any atom is 0.312 e. The minimum absolute atomic E-state index is 0.0206. The molecule has 2 aliphatic rings. The van der Waals surface area contributed by atoms with E-state index in [1.807, 2.05) is 27.7 Å². The molecule has 0 aromatic heterocycles. The SMILES string of the molecule is C[C@H]1OC[C@]2(c3cc(Br)ccc3F)N=C(CC(=O)OC(C)(C)C)SC[C@H]12. The summed E-state index contributed by atoms with van der Waals surface area (Å²) in [5.74, 6) is 0.162. The first-order valence-electron chi connectivity index (χ1n) is 8.61. The van der Waals surface area contributed by atoms with Crippen LogP contribution in [0.1, 0.15) is 39.7 Å². The molecule has 1 saturated heterocycles. The fraction of sp³-hybridized carbons (Fsp3) is 0.579. The second-order valence-electron chi connectivity index (χ2n) is 7.75. The zero-order valence-electron chi connectivity index (χ0n) is 15.3. The van der Waals surface area contributed by atoms with Crippen LogP contribution in [0.5, 0.6) is 0 Å². The lowest BCUT2D eigenvalue weighted by atomic mass is 9.79. The molecule has 0 saturated carbocycles. The molecule has 142 valence electrons. The summed E-state index contributed by atoms with van der Waals surface area (Å²) in [6, 6.07) is 4.89. The average molecular weight is 444 g/mol. The standard InChI is InChI=1S/C19H23BrFNO3S/c1-11-14-9-26-16(8-17(23)25-18(2,3)4)22-19(14,10-24-11)13-7-12(20)5-6-15(13)21/h5-7,11,14H,8-10H2,1-4H3/t11-,14-,19-/m1/s1. The van der Waals surface area contributed by atoms with Crippen LogP contribution in [0, 0.1) is 11.7 Å². The molecule has 0 aliphatic carbocycles. The van der Waals surface area contributed by atoms with Gasteiger partial charge in [-0.25, -0.2) is 4.39 Å². The summed E-state index contributed by atoms with van der Waals surface area (Å²) in [5, 5.41) is 0.674. The molecule has 4 nitrogen and oxygen atoms in total. The Bertz CT molecular complexity index is 749. The maximum atomic E-state index is 14.7. The number of rotatable bonds is 3. The highest BCUT2D eigenvalue weighted by molar-refractivity contribution is 9.10. The lowest BCUT2D eigenvalue weighted by Gasteiger charge is -2.36. The van der Waals surface area contributed by atoms with Crippen molar-refractivity contribution in [2.45, 2.75) is 51.4 Å². The van der Waals surface area contributed by atoms with Crippen molar-refractivity contribution in [3.05, 3.63) is 34.1 Å². The van der Waals surface area contributed by atoms with Gasteiger partial charge in [-0.3, -0.25) is 9.79 Å².